The maximum Gasteiger partial charge on any atom is 0.380 e. The van der Waals surface area contributed by atoms with Crippen LogP contribution in [0.15, 0.2) is 29.4 Å². The van der Waals surface area contributed by atoms with E-state index in [2.05, 4.69) is 5.16 Å². The molecule has 0 radical (unpaired) electrons. The lowest BCUT2D eigenvalue weighted by atomic mass is 10.2. The van der Waals surface area contributed by atoms with Gasteiger partial charge in [-0.1, -0.05) is 5.16 Å². The highest BCUT2D eigenvalue weighted by Crippen LogP contribution is 2.49. The molecule has 0 aliphatic carbocycles. The van der Waals surface area contributed by atoms with Crippen LogP contribution in [0.2, 0.25) is 0 Å². The Kier molecular flexibility index (Phi) is 6.29. The summed E-state index contributed by atoms with van der Waals surface area (Å²) in [4.78, 5) is 0. The minimum atomic E-state index is -2.72. The Labute approximate surface area is 112 Å². The van der Waals surface area contributed by atoms with Crippen molar-refractivity contribution in [2.75, 3.05) is 13.2 Å². The molecule has 0 aromatic heterocycles. The first-order valence-electron chi connectivity index (χ1n) is 5.49. The van der Waals surface area contributed by atoms with E-state index >= 15 is 0 Å². The van der Waals surface area contributed by atoms with Crippen LogP contribution in [0.4, 0.5) is 0 Å². The third-order valence-electron chi connectivity index (χ3n) is 1.88. The second-order valence-electron chi connectivity index (χ2n) is 3.19. The summed E-state index contributed by atoms with van der Waals surface area (Å²) in [6, 6.07) is 6.92. The number of oxime groups is 1. The van der Waals surface area contributed by atoms with Gasteiger partial charge in [-0.15, -0.1) is 0 Å². The smallest absolute Gasteiger partial charge is 0.380 e. The second kappa shape index (κ2) is 7.48. The van der Waals surface area contributed by atoms with Gasteiger partial charge in [0.2, 0.25) is 0 Å². The largest absolute Gasteiger partial charge is 0.424 e. The van der Waals surface area contributed by atoms with Gasteiger partial charge >= 0.3 is 6.72 Å². The molecule has 5 nitrogen and oxygen atoms in total. The maximum absolute atomic E-state index is 8.40. The van der Waals surface area contributed by atoms with Crippen LogP contribution in [-0.2, 0) is 20.9 Å². The summed E-state index contributed by atoms with van der Waals surface area (Å²) in [5.74, 6) is 0.565. The molecule has 0 fully saturated rings. The van der Waals surface area contributed by atoms with Crippen LogP contribution >= 0.6 is 6.72 Å². The predicted molar refractivity (Wildman–Crippen MR) is 74.0 cm³/mol. The fourth-order valence-electron chi connectivity index (χ4n) is 1.22. The molecule has 1 aromatic rings. The van der Waals surface area contributed by atoms with Crippen molar-refractivity contribution in [3.05, 3.63) is 29.8 Å². The standard InChI is InChI=1S/C11H16NO4PS/c1-3-14-17(18,15-4-2)16-11-7-5-10(6-8-11)9-12-13/h5-9,13H,3-4H2,1-2H3. The Hall–Kier alpha value is -0.940. The van der Waals surface area contributed by atoms with Crippen molar-refractivity contribution in [2.24, 2.45) is 5.16 Å². The highest BCUT2D eigenvalue weighted by Gasteiger charge is 2.20. The molecule has 1 rings (SSSR count). The fraction of sp³-hybridized carbons (Fsp3) is 0.364. The van der Waals surface area contributed by atoms with Gasteiger partial charge in [0.05, 0.1) is 19.4 Å². The first-order chi connectivity index (χ1) is 8.63. The van der Waals surface area contributed by atoms with Gasteiger partial charge in [-0.25, -0.2) is 0 Å². The fourth-order valence-corrected chi connectivity index (χ4v) is 3.30. The minimum Gasteiger partial charge on any atom is -0.424 e. The first-order valence-corrected chi connectivity index (χ1v) is 8.05. The molecule has 0 aliphatic heterocycles. The van der Waals surface area contributed by atoms with Crippen molar-refractivity contribution >= 4 is 24.7 Å². The molecule has 0 unspecified atom stereocenters. The first kappa shape index (κ1) is 15.1. The highest BCUT2D eigenvalue weighted by atomic mass is 32.5. The second-order valence-corrected chi connectivity index (χ2v) is 6.12. The van der Waals surface area contributed by atoms with Crippen LogP contribution in [-0.4, -0.2) is 24.6 Å². The van der Waals surface area contributed by atoms with E-state index in [1.54, 1.807) is 24.3 Å². The van der Waals surface area contributed by atoms with E-state index in [9.17, 15) is 0 Å². The van der Waals surface area contributed by atoms with Crippen LogP contribution in [0.1, 0.15) is 19.4 Å². The molecule has 0 spiro atoms. The average molecular weight is 289 g/mol. The molecule has 0 heterocycles. The van der Waals surface area contributed by atoms with Crippen LogP contribution in [0.25, 0.3) is 0 Å². The zero-order chi connectivity index (χ0) is 13.4. The van der Waals surface area contributed by atoms with Crippen LogP contribution in [0.5, 0.6) is 5.75 Å². The van der Waals surface area contributed by atoms with E-state index in [0.29, 0.717) is 19.0 Å². The zero-order valence-corrected chi connectivity index (χ0v) is 12.0. The van der Waals surface area contributed by atoms with Crippen molar-refractivity contribution in [1.82, 2.24) is 0 Å². The van der Waals surface area contributed by atoms with E-state index in [0.717, 1.165) is 5.56 Å². The third kappa shape index (κ3) is 4.74. The topological polar surface area (TPSA) is 60.3 Å². The van der Waals surface area contributed by atoms with E-state index in [4.69, 9.17) is 30.6 Å². The molecule has 7 heteroatoms. The molecule has 0 atom stereocenters. The van der Waals surface area contributed by atoms with E-state index in [1.807, 2.05) is 13.8 Å². The van der Waals surface area contributed by atoms with E-state index < -0.39 is 6.72 Å². The van der Waals surface area contributed by atoms with Gasteiger partial charge in [0.1, 0.15) is 5.75 Å². The van der Waals surface area contributed by atoms with Crippen molar-refractivity contribution in [3.63, 3.8) is 0 Å². The molecule has 1 N–H and O–H groups in total. The molecule has 1 aromatic carbocycles. The summed E-state index contributed by atoms with van der Waals surface area (Å²) >= 11 is 5.24. The van der Waals surface area contributed by atoms with Crippen molar-refractivity contribution in [3.8, 4) is 5.75 Å². The minimum absolute atomic E-state index is 0.437. The summed E-state index contributed by atoms with van der Waals surface area (Å²) in [5.41, 5.74) is 0.756. The van der Waals surface area contributed by atoms with Crippen molar-refractivity contribution < 1.29 is 18.8 Å². The Bertz CT molecular complexity index is 425. The highest BCUT2D eigenvalue weighted by molar-refractivity contribution is 8.07. The molecule has 18 heavy (non-hydrogen) atoms. The van der Waals surface area contributed by atoms with Gasteiger partial charge in [-0.3, -0.25) is 9.05 Å². The molecular formula is C11H16NO4PS. The Morgan fingerprint density at radius 1 is 1.22 bits per heavy atom. The normalized spacial score (nSPS) is 11.9. The maximum atomic E-state index is 8.40. The molecule has 0 amide bonds. The number of hydrogen-bond donors (Lipinski definition) is 1. The molecule has 0 saturated carbocycles. The lowest BCUT2D eigenvalue weighted by molar-refractivity contribution is 0.218. The zero-order valence-electron chi connectivity index (χ0n) is 10.3. The molecular weight excluding hydrogens is 273 g/mol. The number of hydrogen-bond acceptors (Lipinski definition) is 6. The van der Waals surface area contributed by atoms with Gasteiger partial charge in [0.25, 0.3) is 0 Å². The lowest BCUT2D eigenvalue weighted by Gasteiger charge is -2.20. The SMILES string of the molecule is CCOP(=S)(OCC)Oc1ccc(C=NO)cc1. The van der Waals surface area contributed by atoms with Gasteiger partial charge in [-0.05, 0) is 43.7 Å². The quantitative estimate of drug-likeness (QED) is 0.361. The van der Waals surface area contributed by atoms with Crippen LogP contribution in [0.3, 0.4) is 0 Å². The van der Waals surface area contributed by atoms with Crippen molar-refractivity contribution in [1.29, 1.82) is 0 Å². The molecule has 100 valence electrons. The molecule has 0 saturated heterocycles. The summed E-state index contributed by atoms with van der Waals surface area (Å²) in [6.07, 6.45) is 1.32. The third-order valence-corrected chi connectivity index (χ3v) is 4.32. The number of nitrogens with zero attached hydrogens (tertiary/aromatic N) is 1. The monoisotopic (exact) mass is 289 g/mol. The Morgan fingerprint density at radius 3 is 2.22 bits per heavy atom. The average Bonchev–Trinajstić information content (AvgIpc) is 2.32. The number of rotatable bonds is 7. The molecule has 0 aliphatic rings. The lowest BCUT2D eigenvalue weighted by Crippen LogP contribution is -2.02. The summed E-state index contributed by atoms with van der Waals surface area (Å²) in [7, 11) is 0. The van der Waals surface area contributed by atoms with E-state index in [-0.39, 0.29) is 0 Å². The predicted octanol–water partition coefficient (Wildman–Crippen LogP) is 3.17. The van der Waals surface area contributed by atoms with Gasteiger partial charge in [0, 0.05) is 11.8 Å². The van der Waals surface area contributed by atoms with Gasteiger partial charge < -0.3 is 9.73 Å². The molecule has 0 bridgehead atoms. The Morgan fingerprint density at radius 2 is 1.78 bits per heavy atom. The van der Waals surface area contributed by atoms with E-state index in [1.165, 1.54) is 6.21 Å². The van der Waals surface area contributed by atoms with Crippen LogP contribution < -0.4 is 4.52 Å². The summed E-state index contributed by atoms with van der Waals surface area (Å²) in [5, 5.41) is 11.3. The van der Waals surface area contributed by atoms with Gasteiger partial charge in [-0.2, -0.15) is 0 Å². The summed E-state index contributed by atoms with van der Waals surface area (Å²) < 4.78 is 16.3. The van der Waals surface area contributed by atoms with Crippen molar-refractivity contribution in [2.45, 2.75) is 13.8 Å². The van der Waals surface area contributed by atoms with Crippen LogP contribution in [0, 0.1) is 0 Å². The number of benzene rings is 1. The summed E-state index contributed by atoms with van der Waals surface area (Å²) in [6.45, 7) is 1.83. The Balaban J connectivity index is 2.78. The van der Waals surface area contributed by atoms with Gasteiger partial charge in [0.15, 0.2) is 0 Å².